The molecule has 0 spiro atoms. The molecule has 9 nitrogen and oxygen atoms in total. The second-order valence-electron chi connectivity index (χ2n) is 7.14. The Labute approximate surface area is 167 Å². The van der Waals surface area contributed by atoms with E-state index >= 15 is 0 Å². The minimum atomic E-state index is -0.160. The van der Waals surface area contributed by atoms with Crippen LogP contribution in [0.25, 0.3) is 5.78 Å². The van der Waals surface area contributed by atoms with E-state index < -0.39 is 0 Å². The van der Waals surface area contributed by atoms with Gasteiger partial charge in [0.25, 0.3) is 11.3 Å². The fourth-order valence-electron chi connectivity index (χ4n) is 3.67. The Morgan fingerprint density at radius 1 is 1.34 bits per heavy atom. The summed E-state index contributed by atoms with van der Waals surface area (Å²) in [4.78, 5) is 22.9. The van der Waals surface area contributed by atoms with E-state index in [9.17, 15) is 4.79 Å². The van der Waals surface area contributed by atoms with Gasteiger partial charge >= 0.3 is 0 Å². The van der Waals surface area contributed by atoms with E-state index in [0.717, 1.165) is 31.6 Å². The van der Waals surface area contributed by atoms with Gasteiger partial charge in [-0.2, -0.15) is 9.78 Å². The number of aromatic nitrogens is 4. The molecular formula is C20H22N6O3. The lowest BCUT2D eigenvalue weighted by Crippen LogP contribution is -2.37. The summed E-state index contributed by atoms with van der Waals surface area (Å²) in [7, 11) is 1.57. The zero-order chi connectivity index (χ0) is 20.2. The lowest BCUT2D eigenvalue weighted by atomic mass is 9.99. The van der Waals surface area contributed by atoms with E-state index in [-0.39, 0.29) is 5.56 Å². The average Bonchev–Trinajstić information content (AvgIpc) is 3.21. The van der Waals surface area contributed by atoms with E-state index in [1.54, 1.807) is 31.4 Å². The number of benzene rings is 1. The third kappa shape index (κ3) is 4.22. The first-order valence-corrected chi connectivity index (χ1v) is 9.51. The Morgan fingerprint density at radius 2 is 2.24 bits per heavy atom. The molecule has 0 saturated carbocycles. The second-order valence-corrected chi connectivity index (χ2v) is 7.14. The monoisotopic (exact) mass is 394 g/mol. The maximum absolute atomic E-state index is 12.1. The normalized spacial score (nSPS) is 17.2. The molecule has 0 aliphatic carbocycles. The van der Waals surface area contributed by atoms with Crippen molar-refractivity contribution in [3.05, 3.63) is 52.2 Å². The van der Waals surface area contributed by atoms with Gasteiger partial charge in [-0.1, -0.05) is 0 Å². The third-order valence-electron chi connectivity index (χ3n) is 5.08. The zero-order valence-corrected chi connectivity index (χ0v) is 16.2. The predicted octanol–water partition coefficient (Wildman–Crippen LogP) is 1.59. The van der Waals surface area contributed by atoms with Gasteiger partial charge in [0.1, 0.15) is 6.33 Å². The van der Waals surface area contributed by atoms with E-state index in [4.69, 9.17) is 14.7 Å². The summed E-state index contributed by atoms with van der Waals surface area (Å²) < 4.78 is 12.6. The van der Waals surface area contributed by atoms with Crippen LogP contribution < -0.4 is 15.0 Å². The summed E-state index contributed by atoms with van der Waals surface area (Å²) in [6.07, 6.45) is 3.59. The zero-order valence-electron chi connectivity index (χ0n) is 16.2. The number of aromatic amines is 1. The van der Waals surface area contributed by atoms with Gasteiger partial charge in [0, 0.05) is 31.1 Å². The number of rotatable bonds is 6. The number of ether oxygens (including phenoxy) is 2. The Morgan fingerprint density at radius 3 is 3.07 bits per heavy atom. The van der Waals surface area contributed by atoms with E-state index in [0.29, 0.717) is 41.9 Å². The van der Waals surface area contributed by atoms with Crippen LogP contribution in [-0.4, -0.2) is 51.3 Å². The van der Waals surface area contributed by atoms with Crippen LogP contribution >= 0.6 is 0 Å². The molecule has 9 heteroatoms. The highest BCUT2D eigenvalue weighted by Gasteiger charge is 2.22. The maximum Gasteiger partial charge on any atom is 0.274 e. The van der Waals surface area contributed by atoms with Gasteiger partial charge in [0.2, 0.25) is 0 Å². The van der Waals surface area contributed by atoms with Crippen molar-refractivity contribution >= 4 is 5.78 Å². The van der Waals surface area contributed by atoms with Crippen molar-refractivity contribution in [2.45, 2.75) is 19.4 Å². The molecule has 1 aromatic carbocycles. The highest BCUT2D eigenvalue weighted by atomic mass is 16.5. The van der Waals surface area contributed by atoms with Gasteiger partial charge in [0.05, 0.1) is 31.0 Å². The van der Waals surface area contributed by atoms with Gasteiger partial charge in [-0.05, 0) is 31.5 Å². The van der Waals surface area contributed by atoms with Crippen molar-refractivity contribution in [1.82, 2.24) is 24.5 Å². The number of hydrogen-bond acceptors (Lipinski definition) is 7. The van der Waals surface area contributed by atoms with Crippen molar-refractivity contribution in [2.24, 2.45) is 5.92 Å². The van der Waals surface area contributed by atoms with Gasteiger partial charge < -0.3 is 9.47 Å². The van der Waals surface area contributed by atoms with Crippen LogP contribution in [0.5, 0.6) is 11.5 Å². The van der Waals surface area contributed by atoms with Crippen LogP contribution in [0, 0.1) is 17.2 Å². The molecule has 29 heavy (non-hydrogen) atoms. The smallest absolute Gasteiger partial charge is 0.274 e. The summed E-state index contributed by atoms with van der Waals surface area (Å²) in [5.74, 6) is 1.95. The van der Waals surface area contributed by atoms with E-state index in [1.165, 1.54) is 10.8 Å². The Kier molecular flexibility index (Phi) is 5.44. The molecular weight excluding hydrogens is 372 g/mol. The first-order valence-electron chi connectivity index (χ1n) is 9.51. The average molecular weight is 394 g/mol. The topological polar surface area (TPSA) is 109 Å². The Bertz CT molecular complexity index is 1100. The lowest BCUT2D eigenvalue weighted by molar-refractivity contribution is 0.122. The Balaban J connectivity index is 1.38. The molecule has 1 N–H and O–H groups in total. The largest absolute Gasteiger partial charge is 0.493 e. The van der Waals surface area contributed by atoms with Gasteiger partial charge in [-0.25, -0.2) is 9.97 Å². The van der Waals surface area contributed by atoms with Crippen LogP contribution in [0.2, 0.25) is 0 Å². The summed E-state index contributed by atoms with van der Waals surface area (Å²) in [5.41, 5.74) is 1.10. The minimum Gasteiger partial charge on any atom is -0.493 e. The number of likely N-dealkylation sites (tertiary alicyclic amines) is 1. The van der Waals surface area contributed by atoms with Crippen molar-refractivity contribution in [2.75, 3.05) is 26.8 Å². The summed E-state index contributed by atoms with van der Waals surface area (Å²) in [5, 5.41) is 11.8. The molecule has 1 aliphatic heterocycles. The third-order valence-corrected chi connectivity index (χ3v) is 5.08. The predicted molar refractivity (Wildman–Crippen MR) is 105 cm³/mol. The fourth-order valence-corrected chi connectivity index (χ4v) is 3.67. The molecule has 0 radical (unpaired) electrons. The molecule has 1 atom stereocenters. The molecule has 2 aromatic heterocycles. The van der Waals surface area contributed by atoms with Gasteiger partial charge in [0.15, 0.2) is 11.5 Å². The quantitative estimate of drug-likeness (QED) is 0.676. The highest BCUT2D eigenvalue weighted by Crippen LogP contribution is 2.29. The number of fused-ring (bicyclic) bond motifs is 1. The SMILES string of the molecule is COc1cc(C#N)ccc1OCC1CCCN(Cc2cc(=O)n3[nH]cnc3n2)C1. The maximum atomic E-state index is 12.1. The minimum absolute atomic E-state index is 0.160. The number of nitriles is 1. The van der Waals surface area contributed by atoms with E-state index in [2.05, 4.69) is 26.0 Å². The molecule has 150 valence electrons. The highest BCUT2D eigenvalue weighted by molar-refractivity contribution is 5.46. The first-order chi connectivity index (χ1) is 14.2. The van der Waals surface area contributed by atoms with E-state index in [1.807, 2.05) is 0 Å². The van der Waals surface area contributed by atoms with Crippen LogP contribution in [0.3, 0.4) is 0 Å². The van der Waals surface area contributed by atoms with Crippen molar-refractivity contribution < 1.29 is 9.47 Å². The Hall–Kier alpha value is -3.38. The second kappa shape index (κ2) is 8.32. The summed E-state index contributed by atoms with van der Waals surface area (Å²) in [6, 6.07) is 8.82. The number of nitrogens with zero attached hydrogens (tertiary/aromatic N) is 5. The van der Waals surface area contributed by atoms with Gasteiger partial charge in [-0.15, -0.1) is 0 Å². The molecule has 3 heterocycles. The summed E-state index contributed by atoms with van der Waals surface area (Å²) >= 11 is 0. The molecule has 4 rings (SSSR count). The van der Waals surface area contributed by atoms with Crippen LogP contribution in [0.1, 0.15) is 24.1 Å². The number of H-pyrrole nitrogens is 1. The van der Waals surface area contributed by atoms with Crippen molar-refractivity contribution in [3.8, 4) is 17.6 Å². The fraction of sp³-hybridized carbons (Fsp3) is 0.400. The van der Waals surface area contributed by atoms with Crippen LogP contribution in [0.15, 0.2) is 35.4 Å². The number of nitrogens with one attached hydrogen (secondary N) is 1. The number of hydrogen-bond donors (Lipinski definition) is 1. The molecule has 3 aromatic rings. The molecule has 1 fully saturated rings. The number of piperidine rings is 1. The molecule has 1 aliphatic rings. The molecule has 1 unspecified atom stereocenters. The van der Waals surface area contributed by atoms with Crippen molar-refractivity contribution in [1.29, 1.82) is 5.26 Å². The van der Waals surface area contributed by atoms with Crippen LogP contribution in [-0.2, 0) is 6.54 Å². The standard InChI is InChI=1S/C20H22N6O3/c1-28-18-7-14(9-21)4-5-17(18)29-12-15-3-2-6-25(10-15)11-16-8-19(27)26-20(24-16)22-13-23-26/h4-5,7-8,13,15H,2-3,6,10-12H2,1H3,(H,22,23,24). The van der Waals surface area contributed by atoms with Crippen LogP contribution in [0.4, 0.5) is 0 Å². The molecule has 1 saturated heterocycles. The van der Waals surface area contributed by atoms with Gasteiger partial charge in [-0.3, -0.25) is 14.8 Å². The summed E-state index contributed by atoms with van der Waals surface area (Å²) in [6.45, 7) is 2.99. The lowest BCUT2D eigenvalue weighted by Gasteiger charge is -2.32. The molecule has 0 amide bonds. The first kappa shape index (κ1) is 19.0. The number of methoxy groups -OCH3 is 1. The molecule has 0 bridgehead atoms. The van der Waals surface area contributed by atoms with Crippen molar-refractivity contribution in [3.63, 3.8) is 0 Å².